The van der Waals surface area contributed by atoms with Crippen molar-refractivity contribution in [2.45, 2.75) is 38.1 Å². The predicted octanol–water partition coefficient (Wildman–Crippen LogP) is 1.71. The molecule has 1 atom stereocenters. The summed E-state index contributed by atoms with van der Waals surface area (Å²) in [5.41, 5.74) is 9.30. The van der Waals surface area contributed by atoms with Crippen molar-refractivity contribution in [2.24, 2.45) is 5.73 Å². The van der Waals surface area contributed by atoms with E-state index in [2.05, 4.69) is 23.3 Å². The molecule has 1 aromatic rings. The number of anilines is 1. The topological polar surface area (TPSA) is 54.2 Å². The number of hydrogen-bond donors (Lipinski definition) is 2. The number of likely N-dealkylation sites (tertiary alicyclic amines) is 1. The largest absolute Gasteiger partial charge is 0.389 e. The quantitative estimate of drug-likeness (QED) is 0.827. The number of aromatic nitrogens is 1. The van der Waals surface area contributed by atoms with Gasteiger partial charge < -0.3 is 16.0 Å². The average Bonchev–Trinajstić information content (AvgIpc) is 3.03. The van der Waals surface area contributed by atoms with Crippen molar-refractivity contribution in [3.05, 3.63) is 22.9 Å². The van der Waals surface area contributed by atoms with E-state index in [1.807, 2.05) is 0 Å². The Balaban J connectivity index is 1.79. The molecule has 0 spiro atoms. The Kier molecular flexibility index (Phi) is 3.89. The molecule has 3 rings (SSSR count). The van der Waals surface area contributed by atoms with Crippen LogP contribution in [-0.4, -0.2) is 41.1 Å². The van der Waals surface area contributed by atoms with Gasteiger partial charge in [0, 0.05) is 18.3 Å². The van der Waals surface area contributed by atoms with E-state index in [4.69, 9.17) is 22.9 Å². The average molecular weight is 290 g/mol. The predicted molar refractivity (Wildman–Crippen MR) is 86.3 cm³/mol. The summed E-state index contributed by atoms with van der Waals surface area (Å²) in [4.78, 5) is 7.61. The van der Waals surface area contributed by atoms with Crippen LogP contribution in [0.3, 0.4) is 0 Å². The van der Waals surface area contributed by atoms with Gasteiger partial charge in [-0.15, -0.1) is 0 Å². The molecule has 1 saturated heterocycles. The fourth-order valence-electron chi connectivity index (χ4n) is 3.25. The van der Waals surface area contributed by atoms with E-state index in [0.29, 0.717) is 11.0 Å². The first-order chi connectivity index (χ1) is 9.65. The minimum absolute atomic E-state index is 0.439. The van der Waals surface area contributed by atoms with E-state index in [-0.39, 0.29) is 0 Å². The molecule has 0 bridgehead atoms. The fourth-order valence-corrected chi connectivity index (χ4v) is 3.40. The summed E-state index contributed by atoms with van der Waals surface area (Å²) in [5, 5.41) is 3.48. The number of nitrogens with two attached hydrogens (primary N) is 1. The van der Waals surface area contributed by atoms with Crippen LogP contribution in [0.25, 0.3) is 0 Å². The maximum atomic E-state index is 5.86. The van der Waals surface area contributed by atoms with E-state index >= 15 is 0 Å². The lowest BCUT2D eigenvalue weighted by atomic mass is 10.1. The second-order valence-corrected chi connectivity index (χ2v) is 6.31. The minimum atomic E-state index is 0.439. The number of thiocarbonyl (C=S) groups is 1. The van der Waals surface area contributed by atoms with Gasteiger partial charge in [0.15, 0.2) is 0 Å². The number of nitrogens with zero attached hydrogens (tertiary/aromatic N) is 2. The smallest absolute Gasteiger partial charge is 0.136 e. The Labute approximate surface area is 125 Å². The summed E-state index contributed by atoms with van der Waals surface area (Å²) in [7, 11) is 2.18. The van der Waals surface area contributed by atoms with Crippen molar-refractivity contribution in [3.63, 3.8) is 0 Å². The van der Waals surface area contributed by atoms with Crippen LogP contribution in [0.2, 0.25) is 0 Å². The van der Waals surface area contributed by atoms with Gasteiger partial charge >= 0.3 is 0 Å². The molecule has 1 aliphatic carbocycles. The molecule has 1 aliphatic heterocycles. The maximum Gasteiger partial charge on any atom is 0.136 e. The first kappa shape index (κ1) is 13.8. The molecule has 0 amide bonds. The van der Waals surface area contributed by atoms with Crippen molar-refractivity contribution in [3.8, 4) is 0 Å². The van der Waals surface area contributed by atoms with Gasteiger partial charge in [-0.2, -0.15) is 0 Å². The Morgan fingerprint density at radius 1 is 1.50 bits per heavy atom. The maximum absolute atomic E-state index is 5.86. The van der Waals surface area contributed by atoms with Crippen LogP contribution in [0.1, 0.15) is 36.1 Å². The highest BCUT2D eigenvalue weighted by Crippen LogP contribution is 2.26. The summed E-state index contributed by atoms with van der Waals surface area (Å²) < 4.78 is 0. The van der Waals surface area contributed by atoms with E-state index in [9.17, 15) is 0 Å². The summed E-state index contributed by atoms with van der Waals surface area (Å²) in [5.74, 6) is 0.874. The number of pyridine rings is 1. The Morgan fingerprint density at radius 3 is 3.05 bits per heavy atom. The molecule has 108 valence electrons. The van der Waals surface area contributed by atoms with Gasteiger partial charge in [0.1, 0.15) is 10.8 Å². The number of nitrogens with one attached hydrogen (secondary N) is 1. The molecule has 0 radical (unpaired) electrons. The summed E-state index contributed by atoms with van der Waals surface area (Å²) in [6.07, 6.45) is 5.89. The van der Waals surface area contributed by atoms with Crippen LogP contribution in [0.15, 0.2) is 6.07 Å². The number of rotatable bonds is 4. The van der Waals surface area contributed by atoms with Crippen molar-refractivity contribution < 1.29 is 0 Å². The zero-order valence-corrected chi connectivity index (χ0v) is 12.8. The molecule has 4 nitrogen and oxygen atoms in total. The lowest BCUT2D eigenvalue weighted by molar-refractivity contribution is 0.322. The van der Waals surface area contributed by atoms with Crippen molar-refractivity contribution >= 4 is 23.0 Å². The van der Waals surface area contributed by atoms with Crippen LogP contribution in [0.4, 0.5) is 5.82 Å². The second-order valence-electron chi connectivity index (χ2n) is 5.87. The molecule has 20 heavy (non-hydrogen) atoms. The fraction of sp³-hybridized carbons (Fsp3) is 0.600. The second kappa shape index (κ2) is 5.66. The van der Waals surface area contributed by atoms with E-state index in [1.54, 1.807) is 0 Å². The van der Waals surface area contributed by atoms with Gasteiger partial charge in [-0.3, -0.25) is 0 Å². The lowest BCUT2D eigenvalue weighted by Crippen LogP contribution is -2.32. The molecular weight excluding hydrogens is 268 g/mol. The van der Waals surface area contributed by atoms with Crippen molar-refractivity contribution in [2.75, 3.05) is 25.5 Å². The van der Waals surface area contributed by atoms with Gasteiger partial charge in [0.25, 0.3) is 0 Å². The third-order valence-corrected chi connectivity index (χ3v) is 4.71. The number of fused-ring (bicyclic) bond motifs is 1. The van der Waals surface area contributed by atoms with E-state index in [0.717, 1.165) is 30.8 Å². The molecular formula is C15H22N4S. The van der Waals surface area contributed by atoms with E-state index in [1.165, 1.54) is 37.1 Å². The summed E-state index contributed by atoms with van der Waals surface area (Å²) in [6, 6.07) is 2.72. The van der Waals surface area contributed by atoms with Crippen molar-refractivity contribution in [1.82, 2.24) is 9.88 Å². The Hall–Kier alpha value is -1.20. The van der Waals surface area contributed by atoms with Gasteiger partial charge in [-0.05, 0) is 57.3 Å². The van der Waals surface area contributed by atoms with Crippen LogP contribution >= 0.6 is 12.2 Å². The van der Waals surface area contributed by atoms with Gasteiger partial charge in [-0.25, -0.2) is 4.98 Å². The van der Waals surface area contributed by atoms with Crippen molar-refractivity contribution in [1.29, 1.82) is 0 Å². The monoisotopic (exact) mass is 290 g/mol. The first-order valence-electron chi connectivity index (χ1n) is 7.42. The third kappa shape index (κ3) is 2.65. The summed E-state index contributed by atoms with van der Waals surface area (Å²) in [6.45, 7) is 2.10. The van der Waals surface area contributed by atoms with Crippen LogP contribution in [0.5, 0.6) is 0 Å². The van der Waals surface area contributed by atoms with Gasteiger partial charge in [0.05, 0.1) is 5.56 Å². The molecule has 3 N–H and O–H groups in total. The van der Waals surface area contributed by atoms with Crippen LogP contribution in [0, 0.1) is 0 Å². The highest BCUT2D eigenvalue weighted by molar-refractivity contribution is 7.80. The molecule has 1 aromatic heterocycles. The lowest BCUT2D eigenvalue weighted by Gasteiger charge is -2.21. The van der Waals surface area contributed by atoms with Crippen LogP contribution < -0.4 is 11.1 Å². The standard InChI is InChI=1S/C15H22N4S/c1-19-7-3-5-11(19)9-17-15-12(14(16)20)8-10-4-2-6-13(10)18-15/h8,11H,2-7,9H2,1H3,(H2,16,20)(H,17,18). The first-order valence-corrected chi connectivity index (χ1v) is 7.82. The highest BCUT2D eigenvalue weighted by atomic mass is 32.1. The minimum Gasteiger partial charge on any atom is -0.389 e. The molecule has 2 heterocycles. The van der Waals surface area contributed by atoms with Crippen LogP contribution in [-0.2, 0) is 12.8 Å². The van der Waals surface area contributed by atoms with Gasteiger partial charge in [0.2, 0.25) is 0 Å². The molecule has 0 saturated carbocycles. The SMILES string of the molecule is CN1CCCC1CNc1nc2c(cc1C(N)=S)CCC2. The molecule has 1 unspecified atom stereocenters. The Bertz CT molecular complexity index is 529. The van der Waals surface area contributed by atoms with Gasteiger partial charge in [-0.1, -0.05) is 12.2 Å². The molecule has 5 heteroatoms. The summed E-state index contributed by atoms with van der Waals surface area (Å²) >= 11 is 5.18. The highest BCUT2D eigenvalue weighted by Gasteiger charge is 2.22. The zero-order valence-electron chi connectivity index (χ0n) is 12.0. The molecule has 0 aromatic carbocycles. The number of aryl methyl sites for hydroxylation is 2. The van der Waals surface area contributed by atoms with E-state index < -0.39 is 0 Å². The third-order valence-electron chi connectivity index (χ3n) is 4.49. The Morgan fingerprint density at radius 2 is 2.35 bits per heavy atom. The molecule has 2 aliphatic rings. The normalized spacial score (nSPS) is 21.9. The zero-order chi connectivity index (χ0) is 14.1. The number of hydrogen-bond acceptors (Lipinski definition) is 4. The molecule has 1 fully saturated rings. The number of likely N-dealkylation sites (N-methyl/N-ethyl adjacent to an activating group) is 1.